The van der Waals surface area contributed by atoms with Gasteiger partial charge in [0.05, 0.1) is 0 Å². The predicted molar refractivity (Wildman–Crippen MR) is 81.6 cm³/mol. The number of rotatable bonds is 6. The quantitative estimate of drug-likeness (QED) is 0.747. The molecule has 0 aliphatic heterocycles. The van der Waals surface area contributed by atoms with Gasteiger partial charge >= 0.3 is 0 Å². The Morgan fingerprint density at radius 1 is 1.33 bits per heavy atom. The summed E-state index contributed by atoms with van der Waals surface area (Å²) in [5.41, 5.74) is 1.35. The van der Waals surface area contributed by atoms with Crippen LogP contribution in [0, 0.1) is 0 Å². The molecule has 1 aromatic carbocycles. The van der Waals surface area contributed by atoms with Crippen molar-refractivity contribution in [3.8, 4) is 0 Å². The second kappa shape index (κ2) is 7.42. The topological polar surface area (TPSA) is 12.0 Å². The van der Waals surface area contributed by atoms with Crippen LogP contribution in [0.25, 0.3) is 0 Å². The summed E-state index contributed by atoms with van der Waals surface area (Å²) < 4.78 is 0. The summed E-state index contributed by atoms with van der Waals surface area (Å²) in [6.07, 6.45) is 6.71. The first-order chi connectivity index (χ1) is 8.79. The van der Waals surface area contributed by atoms with Crippen LogP contribution < -0.4 is 5.32 Å². The van der Waals surface area contributed by atoms with Crippen molar-refractivity contribution in [3.05, 3.63) is 28.8 Å². The molecule has 0 aromatic heterocycles. The molecule has 0 bridgehead atoms. The fraction of sp³-hybridized carbons (Fsp3) is 0.600. The lowest BCUT2D eigenvalue weighted by Crippen LogP contribution is -2.14. The zero-order chi connectivity index (χ0) is 12.8. The van der Waals surface area contributed by atoms with Gasteiger partial charge in [-0.05, 0) is 49.6 Å². The predicted octanol–water partition coefficient (Wildman–Crippen LogP) is 4.87. The molecule has 0 saturated heterocycles. The maximum atomic E-state index is 6.11. The highest BCUT2D eigenvalue weighted by Gasteiger charge is 2.17. The minimum atomic E-state index is 0.816. The summed E-state index contributed by atoms with van der Waals surface area (Å²) in [7, 11) is 0. The van der Waals surface area contributed by atoms with Gasteiger partial charge in [-0.15, -0.1) is 11.8 Å². The van der Waals surface area contributed by atoms with Crippen LogP contribution in [0.5, 0.6) is 0 Å². The smallest absolute Gasteiger partial charge is 0.0410 e. The Hall–Kier alpha value is -0.180. The van der Waals surface area contributed by atoms with Gasteiger partial charge in [-0.1, -0.05) is 31.4 Å². The number of nitrogens with one attached hydrogen (secondary N) is 1. The largest absolute Gasteiger partial charge is 0.313 e. The van der Waals surface area contributed by atoms with Crippen molar-refractivity contribution in [2.45, 2.75) is 55.7 Å². The van der Waals surface area contributed by atoms with Gasteiger partial charge in [0.1, 0.15) is 0 Å². The molecule has 1 saturated carbocycles. The van der Waals surface area contributed by atoms with E-state index in [1.54, 1.807) is 0 Å². The summed E-state index contributed by atoms with van der Waals surface area (Å²) in [5.74, 6) is 0. The van der Waals surface area contributed by atoms with Gasteiger partial charge in [-0.3, -0.25) is 0 Å². The Labute approximate surface area is 120 Å². The second-order valence-corrected chi connectivity index (χ2v) is 6.73. The van der Waals surface area contributed by atoms with Crippen LogP contribution in [-0.2, 0) is 6.54 Å². The Bertz CT molecular complexity index is 375. The molecule has 1 aliphatic rings. The van der Waals surface area contributed by atoms with Gasteiger partial charge in [-0.2, -0.15) is 0 Å². The number of halogens is 1. The van der Waals surface area contributed by atoms with Crippen molar-refractivity contribution >= 4 is 23.4 Å². The first-order valence-electron chi connectivity index (χ1n) is 6.95. The highest BCUT2D eigenvalue weighted by atomic mass is 35.5. The summed E-state index contributed by atoms with van der Waals surface area (Å²) in [6, 6.07) is 6.32. The lowest BCUT2D eigenvalue weighted by atomic mass is 10.2. The lowest BCUT2D eigenvalue weighted by Gasteiger charge is -2.14. The van der Waals surface area contributed by atoms with Gasteiger partial charge < -0.3 is 5.32 Å². The normalized spacial score (nSPS) is 16.3. The molecular formula is C15H22ClNS. The van der Waals surface area contributed by atoms with Crippen LogP contribution in [0.4, 0.5) is 0 Å². The molecule has 100 valence electrons. The van der Waals surface area contributed by atoms with E-state index in [4.69, 9.17) is 11.6 Å². The van der Waals surface area contributed by atoms with Crippen LogP contribution in [0.3, 0.4) is 0 Å². The third-order valence-corrected chi connectivity index (χ3v) is 5.05. The highest BCUT2D eigenvalue weighted by Crippen LogP contribution is 2.37. The zero-order valence-electron chi connectivity index (χ0n) is 11.0. The maximum Gasteiger partial charge on any atom is 0.0410 e. The average molecular weight is 284 g/mol. The van der Waals surface area contributed by atoms with Crippen molar-refractivity contribution < 1.29 is 0 Å². The van der Waals surface area contributed by atoms with Crippen LogP contribution in [0.1, 0.15) is 44.6 Å². The Morgan fingerprint density at radius 2 is 2.11 bits per heavy atom. The highest BCUT2D eigenvalue weighted by molar-refractivity contribution is 8.00. The molecular weight excluding hydrogens is 262 g/mol. The van der Waals surface area contributed by atoms with Gasteiger partial charge in [-0.25, -0.2) is 0 Å². The van der Waals surface area contributed by atoms with Crippen molar-refractivity contribution in [2.75, 3.05) is 6.54 Å². The third-order valence-electron chi connectivity index (χ3n) is 3.36. The molecule has 0 amide bonds. The van der Waals surface area contributed by atoms with E-state index in [0.29, 0.717) is 0 Å². The summed E-state index contributed by atoms with van der Waals surface area (Å²) in [4.78, 5) is 1.41. The second-order valence-electron chi connectivity index (χ2n) is 4.95. The Balaban J connectivity index is 2.02. The number of benzene rings is 1. The van der Waals surface area contributed by atoms with E-state index < -0.39 is 0 Å². The molecule has 1 fully saturated rings. The maximum absolute atomic E-state index is 6.11. The number of thioether (sulfide) groups is 1. The number of hydrogen-bond donors (Lipinski definition) is 1. The van der Waals surface area contributed by atoms with E-state index in [2.05, 4.69) is 24.4 Å². The van der Waals surface area contributed by atoms with Gasteiger partial charge in [0.2, 0.25) is 0 Å². The first-order valence-corrected chi connectivity index (χ1v) is 8.21. The zero-order valence-corrected chi connectivity index (χ0v) is 12.6. The molecule has 0 heterocycles. The van der Waals surface area contributed by atoms with E-state index in [1.807, 2.05) is 17.8 Å². The molecule has 0 spiro atoms. The van der Waals surface area contributed by atoms with Crippen molar-refractivity contribution in [2.24, 2.45) is 0 Å². The summed E-state index contributed by atoms with van der Waals surface area (Å²) in [5, 5.41) is 5.13. The van der Waals surface area contributed by atoms with E-state index >= 15 is 0 Å². The van der Waals surface area contributed by atoms with Crippen LogP contribution in [0.15, 0.2) is 23.1 Å². The molecule has 2 rings (SSSR count). The Morgan fingerprint density at radius 3 is 2.83 bits per heavy atom. The molecule has 0 unspecified atom stereocenters. The molecule has 3 heteroatoms. The number of hydrogen-bond acceptors (Lipinski definition) is 2. The van der Waals surface area contributed by atoms with Crippen LogP contribution in [-0.4, -0.2) is 11.8 Å². The minimum Gasteiger partial charge on any atom is -0.313 e. The van der Waals surface area contributed by atoms with Gasteiger partial charge in [0.25, 0.3) is 0 Å². The minimum absolute atomic E-state index is 0.816. The molecule has 1 aliphatic carbocycles. The monoisotopic (exact) mass is 283 g/mol. The van der Waals surface area contributed by atoms with E-state index in [-0.39, 0.29) is 0 Å². The molecule has 0 atom stereocenters. The van der Waals surface area contributed by atoms with Crippen LogP contribution in [0.2, 0.25) is 5.02 Å². The van der Waals surface area contributed by atoms with Crippen molar-refractivity contribution in [1.29, 1.82) is 0 Å². The average Bonchev–Trinajstić information content (AvgIpc) is 2.86. The standard InChI is InChI=1S/C15H22ClNS/c1-2-9-17-11-12-10-13(16)7-8-15(12)18-14-5-3-4-6-14/h7-8,10,14,17H,2-6,9,11H2,1H3. The third kappa shape index (κ3) is 4.18. The van der Waals surface area contributed by atoms with E-state index in [0.717, 1.165) is 23.4 Å². The fourth-order valence-corrected chi connectivity index (χ4v) is 3.94. The van der Waals surface area contributed by atoms with E-state index in [9.17, 15) is 0 Å². The summed E-state index contributed by atoms with van der Waals surface area (Å²) in [6.45, 7) is 4.20. The van der Waals surface area contributed by atoms with Crippen molar-refractivity contribution in [1.82, 2.24) is 5.32 Å². The lowest BCUT2D eigenvalue weighted by molar-refractivity contribution is 0.669. The van der Waals surface area contributed by atoms with Crippen LogP contribution >= 0.6 is 23.4 Å². The van der Waals surface area contributed by atoms with Crippen molar-refractivity contribution in [3.63, 3.8) is 0 Å². The molecule has 0 radical (unpaired) electrons. The first kappa shape index (κ1) is 14.2. The van der Waals surface area contributed by atoms with E-state index in [1.165, 1.54) is 42.6 Å². The SMILES string of the molecule is CCCNCc1cc(Cl)ccc1SC1CCCC1. The molecule has 1 nitrogen and oxygen atoms in total. The fourth-order valence-electron chi connectivity index (χ4n) is 2.39. The van der Waals surface area contributed by atoms with Gasteiger partial charge in [0.15, 0.2) is 0 Å². The Kier molecular flexibility index (Phi) is 5.87. The molecule has 1 N–H and O–H groups in total. The molecule has 18 heavy (non-hydrogen) atoms. The molecule has 1 aromatic rings. The van der Waals surface area contributed by atoms with Gasteiger partial charge in [0, 0.05) is 21.7 Å². The summed E-state index contributed by atoms with van der Waals surface area (Å²) >= 11 is 8.16.